The van der Waals surface area contributed by atoms with Gasteiger partial charge in [-0.3, -0.25) is 0 Å². The molecule has 16 heteroatoms. The van der Waals surface area contributed by atoms with Crippen LogP contribution in [-0.4, -0.2) is 29.4 Å². The van der Waals surface area contributed by atoms with Gasteiger partial charge in [-0.2, -0.15) is 53.3 Å². The van der Waals surface area contributed by atoms with Crippen LogP contribution in [0.3, 0.4) is 0 Å². The smallest absolute Gasteiger partial charge is 0.460 e. The maximum absolute atomic E-state index is 14.0. The zero-order valence-electron chi connectivity index (χ0n) is 15.1. The van der Waals surface area contributed by atoms with Gasteiger partial charge in [0.25, 0.3) is 5.95 Å². The van der Waals surface area contributed by atoms with E-state index >= 15 is 0 Å². The van der Waals surface area contributed by atoms with Crippen LogP contribution in [0.25, 0.3) is 0 Å². The summed E-state index contributed by atoms with van der Waals surface area (Å²) in [5.74, 6) is -13.6. The number of anilines is 2. The van der Waals surface area contributed by atoms with Crippen LogP contribution in [0.1, 0.15) is 5.56 Å². The number of pyridine rings is 1. The number of thioether (sulfide) groups is 1. The molecule has 0 atom stereocenters. The fourth-order valence-electron chi connectivity index (χ4n) is 2.13. The van der Waals surface area contributed by atoms with Gasteiger partial charge in [0.15, 0.2) is 5.82 Å². The van der Waals surface area contributed by atoms with Crippen molar-refractivity contribution in [3.8, 4) is 5.75 Å². The van der Waals surface area contributed by atoms with Crippen molar-refractivity contribution in [2.24, 2.45) is 0 Å². The predicted octanol–water partition coefficient (Wildman–Crippen LogP) is 7.01. The number of rotatable bonds is 6. The van der Waals surface area contributed by atoms with Gasteiger partial charge in [-0.05, 0) is 36.0 Å². The maximum Gasteiger partial charge on any atom is 0.460 e. The lowest BCUT2D eigenvalue weighted by atomic mass is 10.2. The monoisotopic (exact) mass is 504 g/mol. The second-order valence-electron chi connectivity index (χ2n) is 5.81. The third-order valence-corrected chi connectivity index (χ3v) is 4.74. The van der Waals surface area contributed by atoms with Crippen LogP contribution >= 0.6 is 11.8 Å². The van der Waals surface area contributed by atoms with Gasteiger partial charge in [0.1, 0.15) is 17.1 Å². The number of alkyl halides is 10. The molecule has 0 aliphatic carbocycles. The zero-order chi connectivity index (χ0) is 24.7. The van der Waals surface area contributed by atoms with Crippen LogP contribution in [0, 0.1) is 11.8 Å². The van der Waals surface area contributed by atoms with Crippen molar-refractivity contribution in [2.75, 3.05) is 12.4 Å². The van der Waals surface area contributed by atoms with E-state index in [1.807, 2.05) is 5.32 Å². The lowest BCUT2D eigenvalue weighted by molar-refractivity contribution is -0.330. The van der Waals surface area contributed by atoms with Gasteiger partial charge in [0, 0.05) is 5.69 Å². The number of hydrogen-bond acceptors (Lipinski definition) is 4. The highest BCUT2D eigenvalue weighted by Gasteiger charge is 2.74. The first-order chi connectivity index (χ1) is 14.4. The summed E-state index contributed by atoms with van der Waals surface area (Å²) in [6.45, 7) is 0. The van der Waals surface area contributed by atoms with Crippen molar-refractivity contribution in [2.45, 2.75) is 28.4 Å². The summed E-state index contributed by atoms with van der Waals surface area (Å²) in [5, 5.41) is -4.52. The Balaban J connectivity index is 2.66. The second kappa shape index (κ2) is 8.44. The third kappa shape index (κ3) is 4.94. The molecule has 0 aliphatic heterocycles. The van der Waals surface area contributed by atoms with Crippen molar-refractivity contribution in [3.05, 3.63) is 41.6 Å². The van der Waals surface area contributed by atoms with Crippen molar-refractivity contribution in [1.82, 2.24) is 4.98 Å². The van der Waals surface area contributed by atoms with Crippen LogP contribution in [0.15, 0.2) is 29.2 Å². The van der Waals surface area contributed by atoms with Crippen LogP contribution in [0.2, 0.25) is 0 Å². The highest BCUT2D eigenvalue weighted by Crippen LogP contribution is 2.56. The highest BCUT2D eigenvalue weighted by atomic mass is 32.2. The van der Waals surface area contributed by atoms with E-state index in [-0.39, 0.29) is 11.4 Å². The SMILES string of the molecule is COc1ccc(Nc2nc(F)c(F)c(SC(F)(F)C(F)(F)C(F)(F)F)c2C(F)(F)F)cc1. The van der Waals surface area contributed by atoms with Crippen LogP contribution < -0.4 is 10.1 Å². The van der Waals surface area contributed by atoms with Gasteiger partial charge in [0.05, 0.1) is 12.0 Å². The van der Waals surface area contributed by atoms with Crippen LogP contribution in [0.5, 0.6) is 5.75 Å². The van der Waals surface area contributed by atoms with E-state index in [9.17, 15) is 52.7 Å². The summed E-state index contributed by atoms with van der Waals surface area (Å²) in [4.78, 5) is 0.0603. The topological polar surface area (TPSA) is 34.1 Å². The summed E-state index contributed by atoms with van der Waals surface area (Å²) in [5.41, 5.74) is -2.81. The fourth-order valence-corrected chi connectivity index (χ4v) is 3.12. The Hall–Kier alpha value is -2.52. The van der Waals surface area contributed by atoms with Crippen molar-refractivity contribution < 1.29 is 57.4 Å². The van der Waals surface area contributed by atoms with Crippen LogP contribution in [-0.2, 0) is 6.18 Å². The zero-order valence-corrected chi connectivity index (χ0v) is 15.9. The standard InChI is InChI=1S/C16H8F12N2OS/c1-31-7-4-2-6(3-5-7)29-12-8(13(19,20)21)10(9(17)11(18)30-12)32-16(27,28)14(22,23)15(24,25)26/h2-5H,1H3,(H,29,30). The average Bonchev–Trinajstić information content (AvgIpc) is 2.64. The molecule has 0 amide bonds. The number of benzene rings is 1. The lowest BCUT2D eigenvalue weighted by Crippen LogP contribution is -2.50. The Morgan fingerprint density at radius 2 is 1.41 bits per heavy atom. The molecule has 0 radical (unpaired) electrons. The molecule has 178 valence electrons. The molecule has 0 unspecified atom stereocenters. The van der Waals surface area contributed by atoms with E-state index in [1.54, 1.807) is 0 Å². The molecule has 1 N–H and O–H groups in total. The Labute approximate surface area is 174 Å². The minimum atomic E-state index is -6.91. The number of nitrogens with one attached hydrogen (secondary N) is 1. The molecule has 2 aromatic rings. The van der Waals surface area contributed by atoms with Crippen molar-refractivity contribution >= 4 is 23.3 Å². The van der Waals surface area contributed by atoms with Gasteiger partial charge in [-0.25, -0.2) is 4.39 Å². The molecule has 0 saturated heterocycles. The van der Waals surface area contributed by atoms with E-state index in [2.05, 4.69) is 4.98 Å². The van der Waals surface area contributed by atoms with E-state index < -0.39 is 63.3 Å². The number of halogens is 12. The van der Waals surface area contributed by atoms with Gasteiger partial charge in [-0.1, -0.05) is 0 Å². The van der Waals surface area contributed by atoms with Gasteiger partial charge < -0.3 is 10.1 Å². The molecule has 1 aromatic heterocycles. The Bertz CT molecular complexity index is 973. The van der Waals surface area contributed by atoms with E-state index in [1.165, 1.54) is 19.2 Å². The minimum Gasteiger partial charge on any atom is -0.497 e. The lowest BCUT2D eigenvalue weighted by Gasteiger charge is -2.28. The fraction of sp³-hybridized carbons (Fsp3) is 0.312. The molecule has 1 heterocycles. The van der Waals surface area contributed by atoms with Crippen molar-refractivity contribution in [1.29, 1.82) is 0 Å². The van der Waals surface area contributed by atoms with Crippen molar-refractivity contribution in [3.63, 3.8) is 0 Å². The summed E-state index contributed by atoms with van der Waals surface area (Å²) in [7, 11) is 1.24. The van der Waals surface area contributed by atoms with Gasteiger partial charge in [-0.15, -0.1) is 0 Å². The minimum absolute atomic E-state index is 0.204. The van der Waals surface area contributed by atoms with Gasteiger partial charge >= 0.3 is 23.5 Å². The molecule has 2 rings (SSSR count). The first-order valence-corrected chi connectivity index (χ1v) is 8.62. The van der Waals surface area contributed by atoms with Crippen LogP contribution in [0.4, 0.5) is 64.2 Å². The molecule has 0 spiro atoms. The number of aromatic nitrogens is 1. The molecular weight excluding hydrogens is 496 g/mol. The Morgan fingerprint density at radius 3 is 1.84 bits per heavy atom. The first-order valence-electron chi connectivity index (χ1n) is 7.81. The molecule has 1 aromatic carbocycles. The average molecular weight is 504 g/mol. The molecule has 32 heavy (non-hydrogen) atoms. The third-order valence-electron chi connectivity index (χ3n) is 3.64. The molecule has 0 saturated carbocycles. The molecule has 0 bridgehead atoms. The second-order valence-corrected chi connectivity index (χ2v) is 6.94. The Kier molecular flexibility index (Phi) is 6.79. The predicted molar refractivity (Wildman–Crippen MR) is 87.2 cm³/mol. The number of methoxy groups -OCH3 is 1. The Morgan fingerprint density at radius 1 is 0.875 bits per heavy atom. The molecule has 0 aliphatic rings. The quantitative estimate of drug-likeness (QED) is 0.261. The summed E-state index contributed by atoms with van der Waals surface area (Å²) in [6, 6.07) is 4.45. The first kappa shape index (κ1) is 25.7. The number of hydrogen-bond donors (Lipinski definition) is 1. The summed E-state index contributed by atoms with van der Waals surface area (Å²) in [6.07, 6.45) is -12.7. The largest absolute Gasteiger partial charge is 0.497 e. The summed E-state index contributed by atoms with van der Waals surface area (Å²) >= 11 is -2.13. The number of nitrogens with zero attached hydrogens (tertiary/aromatic N) is 1. The van der Waals surface area contributed by atoms with E-state index in [0.717, 1.165) is 12.1 Å². The van der Waals surface area contributed by atoms with E-state index in [0.29, 0.717) is 0 Å². The molecule has 3 nitrogen and oxygen atoms in total. The normalized spacial score (nSPS) is 13.3. The van der Waals surface area contributed by atoms with Gasteiger partial charge in [0.2, 0.25) is 0 Å². The van der Waals surface area contributed by atoms with E-state index in [4.69, 9.17) is 4.74 Å². The highest BCUT2D eigenvalue weighted by molar-refractivity contribution is 8.00. The maximum atomic E-state index is 14.0. The number of ether oxygens (including phenoxy) is 1. The summed E-state index contributed by atoms with van der Waals surface area (Å²) < 4.78 is 164. The molecule has 0 fully saturated rings. The molecular formula is C16H8F12N2OS.